The largest absolute Gasteiger partial charge is 0.454 e. The van der Waals surface area contributed by atoms with Crippen molar-refractivity contribution in [1.29, 1.82) is 0 Å². The number of hydrogen-bond acceptors (Lipinski definition) is 6. The van der Waals surface area contributed by atoms with E-state index in [2.05, 4.69) is 26.0 Å². The van der Waals surface area contributed by atoms with Crippen LogP contribution < -0.4 is 0 Å². The first kappa shape index (κ1) is 26.8. The summed E-state index contributed by atoms with van der Waals surface area (Å²) in [5.74, 6) is 2.62. The third-order valence-electron chi connectivity index (χ3n) is 8.56. The zero-order chi connectivity index (χ0) is 24.5. The quantitative estimate of drug-likeness (QED) is 0.0891. The van der Waals surface area contributed by atoms with Crippen molar-refractivity contribution in [3.63, 3.8) is 0 Å². The Kier molecular flexibility index (Phi) is 10.7. The fourth-order valence-electron chi connectivity index (χ4n) is 6.30. The average molecular weight is 491 g/mol. The van der Waals surface area contributed by atoms with Gasteiger partial charge in [-0.2, -0.15) is 0 Å². The van der Waals surface area contributed by atoms with Crippen molar-refractivity contribution in [2.75, 3.05) is 19.8 Å². The van der Waals surface area contributed by atoms with Crippen molar-refractivity contribution in [3.05, 3.63) is 24.3 Å². The second-order valence-corrected chi connectivity index (χ2v) is 11.0. The Hall–Kier alpha value is -1.21. The zero-order valence-electron chi connectivity index (χ0n) is 21.8. The fourth-order valence-corrected chi connectivity index (χ4v) is 6.30. The van der Waals surface area contributed by atoms with Crippen molar-refractivity contribution in [2.24, 2.45) is 23.7 Å². The molecule has 2 heterocycles. The third-order valence-corrected chi connectivity index (χ3v) is 8.56. The van der Waals surface area contributed by atoms with Crippen LogP contribution in [0.1, 0.15) is 84.5 Å². The molecule has 2 aliphatic heterocycles. The van der Waals surface area contributed by atoms with E-state index < -0.39 is 6.10 Å². The van der Waals surface area contributed by atoms with Crippen LogP contribution in [0.15, 0.2) is 24.3 Å². The summed E-state index contributed by atoms with van der Waals surface area (Å²) in [7, 11) is 0. The summed E-state index contributed by atoms with van der Waals surface area (Å²) in [6.45, 7) is 5.68. The second-order valence-electron chi connectivity index (χ2n) is 11.0. The van der Waals surface area contributed by atoms with Crippen LogP contribution in [0.5, 0.6) is 0 Å². The molecule has 4 fully saturated rings. The smallest absolute Gasteiger partial charge is 0.330 e. The van der Waals surface area contributed by atoms with E-state index in [0.717, 1.165) is 24.7 Å². The van der Waals surface area contributed by atoms with Crippen LogP contribution in [0.4, 0.5) is 0 Å². The molecule has 0 spiro atoms. The summed E-state index contributed by atoms with van der Waals surface area (Å²) in [6.07, 6.45) is 20.8. The topological polar surface area (TPSA) is 63.2 Å². The lowest BCUT2D eigenvalue weighted by Crippen LogP contribution is -2.35. The monoisotopic (exact) mass is 490 g/mol. The van der Waals surface area contributed by atoms with E-state index in [0.29, 0.717) is 31.7 Å². The van der Waals surface area contributed by atoms with E-state index in [-0.39, 0.29) is 24.3 Å². The van der Waals surface area contributed by atoms with Gasteiger partial charge in [-0.15, -0.1) is 0 Å². The van der Waals surface area contributed by atoms with E-state index in [1.54, 1.807) is 6.08 Å². The minimum Gasteiger partial charge on any atom is -0.454 e. The van der Waals surface area contributed by atoms with Crippen molar-refractivity contribution in [3.8, 4) is 0 Å². The van der Waals surface area contributed by atoms with Gasteiger partial charge < -0.3 is 14.2 Å². The highest BCUT2D eigenvalue weighted by Crippen LogP contribution is 2.33. The number of esters is 1. The minimum atomic E-state index is -0.399. The molecule has 0 aromatic rings. The molecular formula is C29H46O6. The normalized spacial score (nSPS) is 37.8. The zero-order valence-corrected chi connectivity index (χ0v) is 21.8. The molecule has 2 aliphatic carbocycles. The van der Waals surface area contributed by atoms with Crippen LogP contribution in [-0.4, -0.2) is 50.2 Å². The van der Waals surface area contributed by atoms with Crippen LogP contribution in [0, 0.1) is 23.7 Å². The average Bonchev–Trinajstić information content (AvgIpc) is 3.47. The fraction of sp³-hybridized carbons (Fsp3) is 0.828. The standard InChI is InChI=1S/C29H46O6/c1-3-6-22-12-14-23(15-13-22)7-5-18-33-35-26-20-32-28-25(19-31-29(26)28)34-27(30)17-16-24-10-8-21(4-2)9-11-24/h5,7,16-17,21-26,28-29H,3-4,6,8-15,18-20H2,1-2H3/b7-5+,17-16?/t21?,22?,23?,24?,25?,26-,28+,29+/m0/s1. The number of rotatable bonds is 11. The third kappa shape index (κ3) is 7.88. The lowest BCUT2D eigenvalue weighted by molar-refractivity contribution is -0.326. The molecule has 198 valence electrons. The van der Waals surface area contributed by atoms with E-state index in [9.17, 15) is 4.79 Å². The van der Waals surface area contributed by atoms with Gasteiger partial charge >= 0.3 is 5.97 Å². The van der Waals surface area contributed by atoms with Crippen LogP contribution >= 0.6 is 0 Å². The maximum absolute atomic E-state index is 12.4. The van der Waals surface area contributed by atoms with Crippen LogP contribution in [0.25, 0.3) is 0 Å². The van der Waals surface area contributed by atoms with Crippen LogP contribution in [0.3, 0.4) is 0 Å². The Morgan fingerprint density at radius 1 is 0.829 bits per heavy atom. The number of carbonyl (C=O) groups excluding carboxylic acids is 1. The second kappa shape index (κ2) is 13.9. The number of hydrogen-bond donors (Lipinski definition) is 0. The molecule has 4 rings (SSSR count). The van der Waals surface area contributed by atoms with Gasteiger partial charge in [-0.3, -0.25) is 0 Å². The maximum Gasteiger partial charge on any atom is 0.330 e. The summed E-state index contributed by atoms with van der Waals surface area (Å²) >= 11 is 0. The Bertz CT molecular complexity index is 689. The molecule has 0 amide bonds. The van der Waals surface area contributed by atoms with Gasteiger partial charge in [0.15, 0.2) is 6.10 Å². The van der Waals surface area contributed by atoms with Crippen LogP contribution in [0.2, 0.25) is 0 Å². The first-order valence-electron chi connectivity index (χ1n) is 14.2. The van der Waals surface area contributed by atoms with Gasteiger partial charge in [0.2, 0.25) is 0 Å². The number of allylic oxidation sites excluding steroid dienone is 2. The SMILES string of the molecule is CCCC1CCC(/C=C/COO[C@H]2CO[C@@H]3C(OC(=O)C=CC4CCC(CC)CC4)CO[C@H]23)CC1. The molecule has 4 aliphatic rings. The first-order chi connectivity index (χ1) is 17.2. The Balaban J connectivity index is 1.10. The molecule has 2 saturated carbocycles. The Morgan fingerprint density at radius 3 is 2.14 bits per heavy atom. The molecule has 6 nitrogen and oxygen atoms in total. The molecular weight excluding hydrogens is 444 g/mol. The molecule has 2 saturated heterocycles. The van der Waals surface area contributed by atoms with Gasteiger partial charge in [0.1, 0.15) is 24.9 Å². The Labute approximate surface area is 211 Å². The lowest BCUT2D eigenvalue weighted by Gasteiger charge is -2.26. The van der Waals surface area contributed by atoms with E-state index in [4.69, 9.17) is 24.0 Å². The summed E-state index contributed by atoms with van der Waals surface area (Å²) < 4.78 is 17.4. The van der Waals surface area contributed by atoms with E-state index in [1.807, 2.05) is 6.08 Å². The van der Waals surface area contributed by atoms with Gasteiger partial charge in [0.25, 0.3) is 0 Å². The van der Waals surface area contributed by atoms with Crippen molar-refractivity contribution in [1.82, 2.24) is 0 Å². The van der Waals surface area contributed by atoms with Crippen molar-refractivity contribution >= 4 is 5.97 Å². The minimum absolute atomic E-state index is 0.265. The maximum atomic E-state index is 12.4. The lowest BCUT2D eigenvalue weighted by atomic mass is 9.80. The van der Waals surface area contributed by atoms with E-state index in [1.165, 1.54) is 57.8 Å². The predicted molar refractivity (Wildman–Crippen MR) is 135 cm³/mol. The number of carbonyl (C=O) groups is 1. The molecule has 35 heavy (non-hydrogen) atoms. The van der Waals surface area contributed by atoms with Crippen LogP contribution in [-0.2, 0) is 28.8 Å². The number of fused-ring (bicyclic) bond motifs is 1. The molecule has 0 N–H and O–H groups in total. The predicted octanol–water partition coefficient (Wildman–Crippen LogP) is 5.95. The molecule has 1 unspecified atom stereocenters. The van der Waals surface area contributed by atoms with Gasteiger partial charge in [-0.1, -0.05) is 51.3 Å². The van der Waals surface area contributed by atoms with Gasteiger partial charge in [0.05, 0.1) is 13.2 Å². The molecule has 0 bridgehead atoms. The molecule has 0 radical (unpaired) electrons. The van der Waals surface area contributed by atoms with E-state index >= 15 is 0 Å². The van der Waals surface area contributed by atoms with Gasteiger partial charge in [-0.25, -0.2) is 14.6 Å². The highest BCUT2D eigenvalue weighted by Gasteiger charge is 2.50. The van der Waals surface area contributed by atoms with Crippen molar-refractivity contribution < 1.29 is 28.8 Å². The highest BCUT2D eigenvalue weighted by atomic mass is 17.2. The van der Waals surface area contributed by atoms with Gasteiger partial charge in [-0.05, 0) is 75.0 Å². The molecule has 4 atom stereocenters. The van der Waals surface area contributed by atoms with Gasteiger partial charge in [0, 0.05) is 6.08 Å². The first-order valence-corrected chi connectivity index (χ1v) is 14.2. The highest BCUT2D eigenvalue weighted by molar-refractivity contribution is 5.82. The Morgan fingerprint density at radius 2 is 1.46 bits per heavy atom. The summed E-state index contributed by atoms with van der Waals surface area (Å²) in [5.41, 5.74) is 0. The summed E-state index contributed by atoms with van der Waals surface area (Å²) in [6, 6.07) is 0. The summed E-state index contributed by atoms with van der Waals surface area (Å²) in [4.78, 5) is 23.4. The molecule has 6 heteroatoms. The van der Waals surface area contributed by atoms with Crippen molar-refractivity contribution in [2.45, 2.75) is 109 Å². The summed E-state index contributed by atoms with van der Waals surface area (Å²) in [5, 5.41) is 0. The molecule has 0 aromatic heterocycles. The number of ether oxygens (including phenoxy) is 3. The molecule has 0 aromatic carbocycles.